The number of ketones is 1. The van der Waals surface area contributed by atoms with E-state index in [1.54, 1.807) is 0 Å². The largest absolute Gasteiger partial charge is 0.462 e. The molecule has 15 rings (SSSR count). The highest BCUT2D eigenvalue weighted by atomic mass is 28.4. The molecule has 0 radical (unpaired) electrons. The van der Waals surface area contributed by atoms with Crippen LogP contribution in [0, 0.1) is 80.8 Å². The van der Waals surface area contributed by atoms with Crippen LogP contribution in [0.15, 0.2) is 72.3 Å². The molecule has 0 unspecified atom stereocenters. The van der Waals surface area contributed by atoms with Crippen molar-refractivity contribution >= 4 is 44.7 Å². The van der Waals surface area contributed by atoms with Gasteiger partial charge in [-0.3, -0.25) is 24.4 Å². The van der Waals surface area contributed by atoms with Crippen LogP contribution in [0.3, 0.4) is 0 Å². The zero-order valence-electron chi connectivity index (χ0n) is 61.1. The number of carbonyl (C=O) groups is 3. The van der Waals surface area contributed by atoms with Crippen LogP contribution in [0.25, 0.3) is 0 Å². The van der Waals surface area contributed by atoms with Gasteiger partial charge in [-0.2, -0.15) is 0 Å². The van der Waals surface area contributed by atoms with Crippen LogP contribution in [0.1, 0.15) is 198 Å². The number of Topliss-reactive ketones (excluding diaryl/α,β-unsaturated/α-hetero) is 1. The first-order chi connectivity index (χ1) is 44.9. The van der Waals surface area contributed by atoms with Crippen molar-refractivity contribution in [1.82, 2.24) is 9.97 Å². The molecule has 16 heteroatoms. The summed E-state index contributed by atoms with van der Waals surface area (Å²) in [6.07, 6.45) is 11.3. The Hall–Kier alpha value is -3.98. The quantitative estimate of drug-likeness (QED) is 0.122. The number of esters is 2. The average molecular weight is 1350 g/mol. The van der Waals surface area contributed by atoms with Gasteiger partial charge < -0.3 is 42.4 Å². The average Bonchev–Trinajstić information content (AvgIpc) is 1.45. The molecule has 5 saturated carbocycles. The van der Waals surface area contributed by atoms with E-state index in [9.17, 15) is 14.7 Å². The lowest BCUT2D eigenvalue weighted by atomic mass is 9.43. The summed E-state index contributed by atoms with van der Waals surface area (Å²) in [7, 11) is -5.54. The summed E-state index contributed by atoms with van der Waals surface area (Å²) in [6, 6.07) is 21.5. The van der Waals surface area contributed by atoms with Crippen molar-refractivity contribution in [1.29, 1.82) is 0 Å². The van der Waals surface area contributed by atoms with Crippen molar-refractivity contribution in [2.45, 2.75) is 277 Å². The molecular weight excluding hydrogens is 1240 g/mol. The highest BCUT2D eigenvalue weighted by Gasteiger charge is 2.81. The third-order valence-electron chi connectivity index (χ3n) is 30.0. The van der Waals surface area contributed by atoms with Gasteiger partial charge in [0.2, 0.25) is 11.6 Å². The second kappa shape index (κ2) is 22.0. The van der Waals surface area contributed by atoms with Crippen LogP contribution >= 0.6 is 0 Å². The van der Waals surface area contributed by atoms with Crippen molar-refractivity contribution < 1.29 is 56.8 Å². The van der Waals surface area contributed by atoms with E-state index in [2.05, 4.69) is 163 Å². The Morgan fingerprint density at radius 1 is 0.656 bits per heavy atom. The predicted molar refractivity (Wildman–Crippen MR) is 372 cm³/mol. The molecule has 5 heterocycles. The number of hydrogen-bond donors (Lipinski definition) is 1. The van der Waals surface area contributed by atoms with Gasteiger partial charge >= 0.3 is 11.9 Å². The summed E-state index contributed by atoms with van der Waals surface area (Å²) in [5.41, 5.74) is 0.890. The molecule has 1 N–H and O–H groups in total. The zero-order chi connectivity index (χ0) is 68.5. The molecule has 22 atom stereocenters. The van der Waals surface area contributed by atoms with Crippen molar-refractivity contribution in [3.8, 4) is 0 Å². The number of nitrogens with zero attached hydrogens (tertiary/aromatic N) is 2. The second-order valence-corrected chi connectivity index (χ2v) is 46.3. The van der Waals surface area contributed by atoms with Crippen molar-refractivity contribution in [2.75, 3.05) is 13.2 Å². The Balaban J connectivity index is 0.725. The van der Waals surface area contributed by atoms with E-state index in [0.717, 1.165) is 103 Å². The van der Waals surface area contributed by atoms with E-state index in [1.807, 2.05) is 13.8 Å². The number of aromatic nitrogens is 2. The van der Waals surface area contributed by atoms with Gasteiger partial charge in [0.15, 0.2) is 14.4 Å². The number of fused-ring (bicyclic) bond motifs is 13. The van der Waals surface area contributed by atoms with Gasteiger partial charge in [0.05, 0.1) is 58.0 Å². The van der Waals surface area contributed by atoms with E-state index in [4.69, 9.17) is 47.2 Å². The standard InChI is InChI=1S/C80H112N2O12Si2/c1-46-56-33-34-57-54-31-29-50-35-61-63(40-74(50,14)58(54)37-65(85)77(56,57)45-87-79(46)68(90-49(4)84)42-72(11,12)93-79)81-62-36-51-30-32-55-59(75(51,15)41-64(62)82-61)38-66(89-48(3)83)76(16)60(55)39-67-78(76,86)47(2)80(91-67)69(43-73(13,94-80)44-88-95(17,18)70(5,6)7)92-96(71(8,9)10,52-25-21-19-22-26-52)53-27-23-20-24-28-53/h19-28,39,46-47,50-51,54-59,66-69,86H,29-38,40-45H2,1-18H3/t46-,47-,50-,51-,54-,55+,56+,57+,58-,59-,66+,67-,68+,69+,73-,74-,75-,76+,77+,78+,79-,80-/m0/s1. The van der Waals surface area contributed by atoms with Gasteiger partial charge in [-0.15, -0.1) is 0 Å². The highest BCUT2D eigenvalue weighted by Crippen LogP contribution is 2.74. The summed E-state index contributed by atoms with van der Waals surface area (Å²) in [5, 5.41) is 16.4. The first kappa shape index (κ1) is 67.8. The van der Waals surface area contributed by atoms with E-state index in [1.165, 1.54) is 13.8 Å². The minimum atomic E-state index is -3.26. The fourth-order valence-electron chi connectivity index (χ4n) is 24.2. The van der Waals surface area contributed by atoms with Crippen molar-refractivity contribution in [2.24, 2.45) is 80.8 Å². The van der Waals surface area contributed by atoms with Crippen LogP contribution in [-0.4, -0.2) is 115 Å². The lowest BCUT2D eigenvalue weighted by Gasteiger charge is -2.62. The fraction of sp³-hybridized carbons (Fsp3) is 0.738. The number of ether oxygens (including phenoxy) is 6. The Kier molecular flexibility index (Phi) is 15.6. The van der Waals surface area contributed by atoms with Gasteiger partial charge in [-0.1, -0.05) is 142 Å². The van der Waals surface area contributed by atoms with Gasteiger partial charge in [-0.05, 0) is 190 Å². The molecule has 522 valence electrons. The molecule has 2 aromatic carbocycles. The summed E-state index contributed by atoms with van der Waals surface area (Å²) in [4.78, 5) is 53.2. The van der Waals surface area contributed by atoms with Gasteiger partial charge in [-0.25, -0.2) is 0 Å². The number of aliphatic hydroxyl groups is 1. The topological polar surface area (TPSA) is 171 Å². The molecule has 3 spiro atoms. The molecule has 0 bridgehead atoms. The third-order valence-corrected chi connectivity index (χ3v) is 39.5. The highest BCUT2D eigenvalue weighted by molar-refractivity contribution is 6.99. The fourth-order valence-corrected chi connectivity index (χ4v) is 30.0. The third kappa shape index (κ3) is 9.36. The Labute approximate surface area is 574 Å². The molecule has 3 aromatic rings. The molecule has 96 heavy (non-hydrogen) atoms. The Morgan fingerprint density at radius 3 is 1.81 bits per heavy atom. The number of benzene rings is 2. The number of hydrogen-bond acceptors (Lipinski definition) is 14. The molecule has 1 aromatic heterocycles. The van der Waals surface area contributed by atoms with Crippen molar-refractivity contribution in [3.63, 3.8) is 0 Å². The first-order valence-corrected chi connectivity index (χ1v) is 42.0. The summed E-state index contributed by atoms with van der Waals surface area (Å²) < 4.78 is 57.4. The molecule has 4 saturated heterocycles. The number of rotatable bonds is 9. The van der Waals surface area contributed by atoms with E-state index in [-0.39, 0.29) is 68.4 Å². The molecule has 0 amide bonds. The molecule has 12 aliphatic rings. The second-order valence-electron chi connectivity index (χ2n) is 37.3. The molecular formula is C80H112N2O12Si2. The Bertz CT molecular complexity index is 3620. The van der Waals surface area contributed by atoms with Crippen molar-refractivity contribution in [3.05, 3.63) is 95.1 Å². The molecule has 14 nitrogen and oxygen atoms in total. The van der Waals surface area contributed by atoms with Gasteiger partial charge in [0, 0.05) is 44.9 Å². The Morgan fingerprint density at radius 2 is 1.23 bits per heavy atom. The normalized spacial score (nSPS) is 44.1. The maximum Gasteiger partial charge on any atom is 0.303 e. The van der Waals surface area contributed by atoms with Gasteiger partial charge in [0.25, 0.3) is 8.32 Å². The van der Waals surface area contributed by atoms with Crippen LogP contribution in [0.5, 0.6) is 0 Å². The van der Waals surface area contributed by atoms with E-state index >= 15 is 4.79 Å². The van der Waals surface area contributed by atoms with Gasteiger partial charge in [0.1, 0.15) is 29.7 Å². The molecule has 4 aliphatic heterocycles. The smallest absolute Gasteiger partial charge is 0.303 e. The van der Waals surface area contributed by atoms with E-state index in [0.29, 0.717) is 62.4 Å². The molecule has 9 fully saturated rings. The van der Waals surface area contributed by atoms with Crippen LogP contribution in [0.2, 0.25) is 23.2 Å². The minimum absolute atomic E-state index is 0.0336. The van der Waals surface area contributed by atoms with Crippen LogP contribution in [0.4, 0.5) is 0 Å². The maximum atomic E-state index is 15.4. The summed E-state index contributed by atoms with van der Waals surface area (Å²) >= 11 is 0. The summed E-state index contributed by atoms with van der Waals surface area (Å²) in [6.45, 7) is 39.7. The minimum Gasteiger partial charge on any atom is -0.462 e. The van der Waals surface area contributed by atoms with E-state index < -0.39 is 86.2 Å². The first-order valence-electron chi connectivity index (χ1n) is 37.2. The molecule has 8 aliphatic carbocycles. The maximum absolute atomic E-state index is 15.4. The lowest BCUT2D eigenvalue weighted by Crippen LogP contribution is -2.70. The zero-order valence-corrected chi connectivity index (χ0v) is 63.1. The monoisotopic (exact) mass is 1350 g/mol. The number of carbonyl (C=O) groups excluding carboxylic acids is 3. The lowest BCUT2D eigenvalue weighted by molar-refractivity contribution is -0.343. The summed E-state index contributed by atoms with van der Waals surface area (Å²) in [5.74, 6) is -1.55. The van der Waals surface area contributed by atoms with Crippen LogP contribution in [-0.2, 0) is 77.3 Å². The predicted octanol–water partition coefficient (Wildman–Crippen LogP) is 13.3. The SMILES string of the molecule is CC(=O)O[C@@H]1CC(C)(C)O[C@]12OC[C@]13C(=O)C[C@H]4[C@@H](CC[C@H]5Cc6nc7c(nc6C[C@@]54C)C[C@@H]4CC[C@H]5C6=C[C@@H]8O[C@]9(O[C@](C)(CO[Si](C)(C)C(C)(C)C)C[C@H]9O[Si](c9ccccc9)(c9ccccc9)C(C)(C)C)[C@@H](C)[C@]8(O)[C@@]6(C)[C@H](OC(C)=O)C[C@@H]5[C@@]4(C)C7)[C@H]1CC[C@@H]3[C@@H]2C. The van der Waals surface area contributed by atoms with Crippen LogP contribution < -0.4 is 10.4 Å².